The van der Waals surface area contributed by atoms with Gasteiger partial charge in [0.05, 0.1) is 0 Å². The Hall–Kier alpha value is -11.1. The quantitative estimate of drug-likeness (QED) is 0.0791. The van der Waals surface area contributed by atoms with E-state index in [2.05, 4.69) is 372 Å². The highest BCUT2D eigenvalue weighted by Crippen LogP contribution is 2.51. The van der Waals surface area contributed by atoms with E-state index in [-0.39, 0.29) is 0 Å². The zero-order valence-corrected chi connectivity index (χ0v) is 60.9. The molecule has 0 fully saturated rings. The van der Waals surface area contributed by atoms with Gasteiger partial charge in [0.25, 0.3) is 0 Å². The first kappa shape index (κ1) is 64.3. The molecular formula is C100H88N2. The Labute approximate surface area is 601 Å². The van der Waals surface area contributed by atoms with Crippen LogP contribution in [0.4, 0.5) is 34.1 Å². The normalized spacial score (nSPS) is 12.3. The molecule has 0 amide bonds. The van der Waals surface area contributed by atoms with Crippen LogP contribution >= 0.6 is 0 Å². The maximum absolute atomic E-state index is 2.60. The number of hydrogen-bond donors (Lipinski definition) is 0. The van der Waals surface area contributed by atoms with Crippen molar-refractivity contribution in [2.75, 3.05) is 9.80 Å². The molecule has 0 unspecified atom stereocenters. The Bertz CT molecular complexity index is 5640. The number of benzene rings is 17. The minimum atomic E-state index is 0.317. The second-order valence-corrected chi connectivity index (χ2v) is 30.8. The Morgan fingerprint density at radius 1 is 0.176 bits per heavy atom. The summed E-state index contributed by atoms with van der Waals surface area (Å²) in [5, 5.41) is 24.6. The average molecular weight is 1320 g/mol. The van der Waals surface area contributed by atoms with Crippen LogP contribution in [0.2, 0.25) is 0 Å². The van der Waals surface area contributed by atoms with Crippen LogP contribution in [0.15, 0.2) is 279 Å². The maximum Gasteiger partial charge on any atom is 0.0468 e. The van der Waals surface area contributed by atoms with Gasteiger partial charge >= 0.3 is 0 Å². The molecule has 0 heterocycles. The molecule has 0 aliphatic rings. The second-order valence-electron chi connectivity index (χ2n) is 30.8. The van der Waals surface area contributed by atoms with Gasteiger partial charge in [-0.2, -0.15) is 0 Å². The van der Waals surface area contributed by atoms with E-state index >= 15 is 0 Å². The number of nitrogens with zero attached hydrogens (tertiary/aromatic N) is 2. The summed E-state index contributed by atoms with van der Waals surface area (Å²) in [7, 11) is 0. The third-order valence-electron chi connectivity index (χ3n) is 22.3. The third-order valence-corrected chi connectivity index (χ3v) is 22.3. The summed E-state index contributed by atoms with van der Waals surface area (Å²) in [5.74, 6) is 2.08. The van der Waals surface area contributed by atoms with Crippen molar-refractivity contribution in [2.45, 2.75) is 119 Å². The van der Waals surface area contributed by atoms with Gasteiger partial charge in [0.2, 0.25) is 0 Å². The van der Waals surface area contributed by atoms with Crippen LogP contribution in [0.25, 0.3) is 130 Å². The lowest BCUT2D eigenvalue weighted by Crippen LogP contribution is -2.10. The predicted molar refractivity (Wildman–Crippen MR) is 446 cm³/mol. The Kier molecular flexibility index (Phi) is 16.1. The summed E-state index contributed by atoms with van der Waals surface area (Å²) in [6.45, 7) is 28.4. The first-order valence-electron chi connectivity index (χ1n) is 37.2. The van der Waals surface area contributed by atoms with Gasteiger partial charge in [-0.15, -0.1) is 0 Å². The third kappa shape index (κ3) is 11.1. The summed E-state index contributed by atoms with van der Waals surface area (Å²) in [4.78, 5) is 4.95. The lowest BCUT2D eigenvalue weighted by atomic mass is 9.80. The van der Waals surface area contributed by atoms with Gasteiger partial charge in [0.1, 0.15) is 0 Å². The monoisotopic (exact) mass is 1320 g/mol. The zero-order valence-electron chi connectivity index (χ0n) is 60.9. The number of rotatable bonds is 14. The van der Waals surface area contributed by atoms with E-state index in [1.807, 2.05) is 0 Å². The Balaban J connectivity index is 0.996. The Morgan fingerprint density at radius 2 is 0.402 bits per heavy atom. The standard InChI is InChI=1S/C100H88N2/c1-59(2)75-51-87(61(5)6)99(88(52-75)62(7)8)73-33-41-83-91(49-73)97-57-96-86-44-40-82(102(79-37-31-67-23-15-19-27-71(67)47-79)80-38-32-68-24-16-20-28-72(68)48-80)56-94(86)84-42-34-74(100-89(63(9)10)53-76(60(3)4)54-90(100)64(11)12)50-92(84)98(96)58-95(97)85-43-39-81(55-93(83)85)101(77-35-29-65-21-13-17-25-69(65)45-77)78-36-30-66-22-14-18-26-70(66)46-78/h13-64H,1-12H3. The van der Waals surface area contributed by atoms with Gasteiger partial charge in [-0.05, 0) is 296 Å². The Morgan fingerprint density at radius 3 is 0.676 bits per heavy atom. The predicted octanol–water partition coefficient (Wildman–Crippen LogP) is 30.2. The topological polar surface area (TPSA) is 6.48 Å². The fourth-order valence-corrected chi connectivity index (χ4v) is 16.8. The highest BCUT2D eigenvalue weighted by atomic mass is 15.1. The first-order valence-corrected chi connectivity index (χ1v) is 37.2. The first-order chi connectivity index (χ1) is 49.5. The molecule has 17 aromatic rings. The van der Waals surface area contributed by atoms with E-state index in [9.17, 15) is 0 Å². The molecule has 102 heavy (non-hydrogen) atoms. The van der Waals surface area contributed by atoms with Crippen molar-refractivity contribution >= 4 is 142 Å². The lowest BCUT2D eigenvalue weighted by molar-refractivity contribution is 0.807. The molecule has 0 spiro atoms. The summed E-state index contributed by atoms with van der Waals surface area (Å²) >= 11 is 0. The van der Waals surface area contributed by atoms with Gasteiger partial charge in [0.15, 0.2) is 0 Å². The van der Waals surface area contributed by atoms with E-state index in [1.54, 1.807) is 0 Å². The molecule has 0 radical (unpaired) electrons. The van der Waals surface area contributed by atoms with Crippen molar-refractivity contribution in [3.05, 3.63) is 312 Å². The molecule has 0 aromatic heterocycles. The summed E-state index contributed by atoms with van der Waals surface area (Å²) in [6, 6.07) is 108. The zero-order chi connectivity index (χ0) is 69.9. The minimum Gasteiger partial charge on any atom is -0.310 e. The highest BCUT2D eigenvalue weighted by molar-refractivity contribution is 6.34. The van der Waals surface area contributed by atoms with Crippen LogP contribution in [0, 0.1) is 0 Å². The summed E-state index contributed by atoms with van der Waals surface area (Å²) in [5.41, 5.74) is 20.4. The molecule has 0 N–H and O–H groups in total. The van der Waals surface area contributed by atoms with Crippen LogP contribution in [0.1, 0.15) is 152 Å². The molecule has 0 atom stereocenters. The van der Waals surface area contributed by atoms with Crippen molar-refractivity contribution in [1.82, 2.24) is 0 Å². The van der Waals surface area contributed by atoms with Crippen molar-refractivity contribution in [2.24, 2.45) is 0 Å². The van der Waals surface area contributed by atoms with Gasteiger partial charge in [-0.3, -0.25) is 0 Å². The minimum absolute atomic E-state index is 0.317. The van der Waals surface area contributed by atoms with E-state index in [0.717, 1.165) is 34.1 Å². The summed E-state index contributed by atoms with van der Waals surface area (Å²) < 4.78 is 0. The van der Waals surface area contributed by atoms with Crippen LogP contribution in [0.5, 0.6) is 0 Å². The maximum atomic E-state index is 2.60. The number of hydrogen-bond acceptors (Lipinski definition) is 2. The molecule has 2 nitrogen and oxygen atoms in total. The van der Waals surface area contributed by atoms with Crippen molar-refractivity contribution in [3.63, 3.8) is 0 Å². The average Bonchev–Trinajstić information content (AvgIpc) is 0.707. The molecule has 0 saturated heterocycles. The molecule has 0 saturated carbocycles. The highest BCUT2D eigenvalue weighted by Gasteiger charge is 2.26. The van der Waals surface area contributed by atoms with E-state index in [0.29, 0.717) is 35.5 Å². The van der Waals surface area contributed by atoms with E-state index in [1.165, 1.54) is 163 Å². The largest absolute Gasteiger partial charge is 0.310 e. The van der Waals surface area contributed by atoms with Crippen LogP contribution < -0.4 is 9.80 Å². The van der Waals surface area contributed by atoms with Gasteiger partial charge in [0, 0.05) is 34.1 Å². The molecule has 17 aromatic carbocycles. The van der Waals surface area contributed by atoms with Crippen LogP contribution in [0.3, 0.4) is 0 Å². The lowest BCUT2D eigenvalue weighted by Gasteiger charge is -2.27. The number of fused-ring (bicyclic) bond motifs is 16. The van der Waals surface area contributed by atoms with Crippen molar-refractivity contribution in [1.29, 1.82) is 0 Å². The van der Waals surface area contributed by atoms with Gasteiger partial charge < -0.3 is 9.80 Å². The van der Waals surface area contributed by atoms with Crippen molar-refractivity contribution < 1.29 is 0 Å². The van der Waals surface area contributed by atoms with Crippen molar-refractivity contribution in [3.8, 4) is 22.3 Å². The molecule has 2 heteroatoms. The molecule has 0 aliphatic carbocycles. The van der Waals surface area contributed by atoms with Crippen LogP contribution in [-0.4, -0.2) is 0 Å². The molecule has 0 aliphatic heterocycles. The second kappa shape index (κ2) is 25.5. The SMILES string of the molecule is CC(C)c1cc(C(C)C)c(-c2ccc3c(c2)c2cc4c5ccc(N(c6ccc7ccccc7c6)c6ccc7ccccc7c6)cc5c5ccc(-c6c(C(C)C)cc(C(C)C)cc6C(C)C)cc5c4cc2c2ccc(N(c4ccc5ccccc5c4)c4ccc5ccccc5c4)cc32)c(C(C)C)c1. The molecule has 0 bridgehead atoms. The molecule has 17 rings (SSSR count). The van der Waals surface area contributed by atoms with Gasteiger partial charge in [-0.1, -0.05) is 265 Å². The molecular weight excluding hydrogens is 1230 g/mol. The fourth-order valence-electron chi connectivity index (χ4n) is 16.8. The van der Waals surface area contributed by atoms with Crippen LogP contribution in [-0.2, 0) is 0 Å². The van der Waals surface area contributed by atoms with E-state index < -0.39 is 0 Å². The van der Waals surface area contributed by atoms with Gasteiger partial charge in [-0.25, -0.2) is 0 Å². The van der Waals surface area contributed by atoms with E-state index in [4.69, 9.17) is 0 Å². The fraction of sp³-hybridized carbons (Fsp3) is 0.180. The molecule has 498 valence electrons. The number of anilines is 6. The summed E-state index contributed by atoms with van der Waals surface area (Å²) in [6.07, 6.45) is 0. The smallest absolute Gasteiger partial charge is 0.0468 e.